The highest BCUT2D eigenvalue weighted by Gasteiger charge is 2.24. The molecule has 3 aromatic rings. The first kappa shape index (κ1) is 24.2. The van der Waals surface area contributed by atoms with E-state index in [4.69, 9.17) is 9.47 Å². The molecule has 0 unspecified atom stereocenters. The number of nitrogens with zero attached hydrogens (tertiary/aromatic N) is 3. The van der Waals surface area contributed by atoms with E-state index in [1.807, 2.05) is 0 Å². The van der Waals surface area contributed by atoms with Gasteiger partial charge in [0.2, 0.25) is 0 Å². The van der Waals surface area contributed by atoms with Crippen LogP contribution in [0, 0.1) is 17.5 Å². The van der Waals surface area contributed by atoms with Crippen molar-refractivity contribution in [1.82, 2.24) is 14.8 Å². The third kappa shape index (κ3) is 5.75. The Balaban J connectivity index is 1.38. The molecule has 1 aliphatic rings. The fraction of sp³-hybridized carbons (Fsp3) is 0.333. The van der Waals surface area contributed by atoms with Crippen LogP contribution in [0.25, 0.3) is 10.6 Å². The lowest BCUT2D eigenvalue weighted by atomic mass is 10.2. The predicted octanol–water partition coefficient (Wildman–Crippen LogP) is 4.21. The molecule has 0 atom stereocenters. The number of aromatic nitrogens is 1. The van der Waals surface area contributed by atoms with Crippen molar-refractivity contribution in [2.24, 2.45) is 0 Å². The Hall–Kier alpha value is -2.95. The lowest BCUT2D eigenvalue weighted by molar-refractivity contribution is 0.0589. The lowest BCUT2D eigenvalue weighted by Gasteiger charge is -2.34. The van der Waals surface area contributed by atoms with E-state index in [-0.39, 0.29) is 35.1 Å². The zero-order valence-electron chi connectivity index (χ0n) is 18.6. The molecule has 2 heterocycles. The number of carbonyl (C=O) groups is 1. The van der Waals surface area contributed by atoms with Crippen LogP contribution in [0.3, 0.4) is 0 Å². The van der Waals surface area contributed by atoms with Gasteiger partial charge >= 0.3 is 0 Å². The van der Waals surface area contributed by atoms with Gasteiger partial charge in [0, 0.05) is 62.4 Å². The van der Waals surface area contributed by atoms with Gasteiger partial charge in [-0.05, 0) is 30.3 Å². The summed E-state index contributed by atoms with van der Waals surface area (Å²) >= 11 is 1.18. The van der Waals surface area contributed by atoms with E-state index < -0.39 is 17.5 Å². The highest BCUT2D eigenvalue weighted by molar-refractivity contribution is 7.13. The second-order valence-corrected chi connectivity index (χ2v) is 8.69. The summed E-state index contributed by atoms with van der Waals surface area (Å²) in [5, 5.41) is 2.01. The molecule has 1 amide bonds. The molecule has 0 spiro atoms. The first-order chi connectivity index (χ1) is 16.4. The zero-order valence-corrected chi connectivity index (χ0v) is 19.4. The number of thiazole rings is 1. The molecule has 1 aromatic heterocycles. The minimum absolute atomic E-state index is 0.0343. The van der Waals surface area contributed by atoms with Crippen molar-refractivity contribution in [3.63, 3.8) is 0 Å². The topological polar surface area (TPSA) is 54.9 Å². The Bertz CT molecular complexity index is 1150. The van der Waals surface area contributed by atoms with Gasteiger partial charge in [-0.3, -0.25) is 9.69 Å². The molecule has 6 nitrogen and oxygen atoms in total. The molecule has 0 N–H and O–H groups in total. The van der Waals surface area contributed by atoms with E-state index in [2.05, 4.69) is 9.88 Å². The van der Waals surface area contributed by atoms with Crippen molar-refractivity contribution in [3.8, 4) is 16.3 Å². The van der Waals surface area contributed by atoms with Crippen LogP contribution in [0.4, 0.5) is 13.2 Å². The van der Waals surface area contributed by atoms with Gasteiger partial charge in [-0.1, -0.05) is 0 Å². The molecule has 2 aromatic carbocycles. The molecule has 1 aliphatic heterocycles. The number of halogens is 3. The van der Waals surface area contributed by atoms with Crippen molar-refractivity contribution in [1.29, 1.82) is 0 Å². The Morgan fingerprint density at radius 1 is 1.06 bits per heavy atom. The van der Waals surface area contributed by atoms with E-state index >= 15 is 0 Å². The Kier molecular flexibility index (Phi) is 7.81. The number of benzene rings is 2. The molecule has 4 rings (SSSR count). The van der Waals surface area contributed by atoms with Gasteiger partial charge in [0.15, 0.2) is 0 Å². The first-order valence-electron chi connectivity index (χ1n) is 10.8. The summed E-state index contributed by atoms with van der Waals surface area (Å²) in [5.41, 5.74) is 0.552. The van der Waals surface area contributed by atoms with Gasteiger partial charge in [-0.15, -0.1) is 11.3 Å². The van der Waals surface area contributed by atoms with E-state index in [0.717, 1.165) is 43.9 Å². The third-order valence-corrected chi connectivity index (χ3v) is 6.44. The van der Waals surface area contributed by atoms with Gasteiger partial charge in [0.1, 0.15) is 40.5 Å². The molecule has 34 heavy (non-hydrogen) atoms. The van der Waals surface area contributed by atoms with Gasteiger partial charge < -0.3 is 14.4 Å². The third-order valence-electron chi connectivity index (χ3n) is 5.57. The maximum atomic E-state index is 14.8. The summed E-state index contributed by atoms with van der Waals surface area (Å²) in [6.45, 7) is 3.97. The van der Waals surface area contributed by atoms with Crippen LogP contribution in [-0.2, 0) is 11.3 Å². The van der Waals surface area contributed by atoms with Gasteiger partial charge in [-0.2, -0.15) is 0 Å². The second kappa shape index (κ2) is 11.0. The molecule has 0 radical (unpaired) electrons. The van der Waals surface area contributed by atoms with Gasteiger partial charge in [0.25, 0.3) is 5.91 Å². The van der Waals surface area contributed by atoms with Crippen molar-refractivity contribution < 1.29 is 27.4 Å². The molecule has 180 valence electrons. The SMILES string of the molecule is COCCN1CCN(C(=O)c2csc(-c3ccc(OCc4cc(F)ccc4F)cc3F)n2)CC1. The maximum Gasteiger partial charge on any atom is 0.273 e. The number of carbonyl (C=O) groups excluding carboxylic acids is 1. The minimum atomic E-state index is -0.602. The van der Waals surface area contributed by atoms with Crippen LogP contribution in [-0.4, -0.2) is 67.1 Å². The van der Waals surface area contributed by atoms with Crippen LogP contribution in [0.1, 0.15) is 16.1 Å². The minimum Gasteiger partial charge on any atom is -0.489 e. The molecule has 0 saturated carbocycles. The quantitative estimate of drug-likeness (QED) is 0.473. The van der Waals surface area contributed by atoms with Crippen LogP contribution in [0.5, 0.6) is 5.75 Å². The maximum absolute atomic E-state index is 14.8. The molecular formula is C24H24F3N3O3S. The smallest absolute Gasteiger partial charge is 0.273 e. The summed E-state index contributed by atoms with van der Waals surface area (Å²) in [6, 6.07) is 7.25. The second-order valence-electron chi connectivity index (χ2n) is 7.83. The molecule has 10 heteroatoms. The molecule has 1 saturated heterocycles. The zero-order chi connectivity index (χ0) is 24.1. The fourth-order valence-electron chi connectivity index (χ4n) is 3.63. The highest BCUT2D eigenvalue weighted by Crippen LogP contribution is 2.30. The largest absolute Gasteiger partial charge is 0.489 e. The average molecular weight is 492 g/mol. The van der Waals surface area contributed by atoms with E-state index in [9.17, 15) is 18.0 Å². The van der Waals surface area contributed by atoms with Crippen molar-refractivity contribution in [3.05, 3.63) is 70.5 Å². The van der Waals surface area contributed by atoms with Crippen LogP contribution >= 0.6 is 11.3 Å². The highest BCUT2D eigenvalue weighted by atomic mass is 32.1. The fourth-order valence-corrected chi connectivity index (χ4v) is 4.45. The van der Waals surface area contributed by atoms with E-state index in [1.165, 1.54) is 23.5 Å². The van der Waals surface area contributed by atoms with Gasteiger partial charge in [0.05, 0.1) is 6.61 Å². The van der Waals surface area contributed by atoms with E-state index in [1.54, 1.807) is 17.4 Å². The number of rotatable bonds is 8. The molecule has 1 fully saturated rings. The Morgan fingerprint density at radius 3 is 2.59 bits per heavy atom. The molecule has 0 aliphatic carbocycles. The molecular weight excluding hydrogens is 467 g/mol. The van der Waals surface area contributed by atoms with Crippen LogP contribution in [0.2, 0.25) is 0 Å². The predicted molar refractivity (Wildman–Crippen MR) is 122 cm³/mol. The lowest BCUT2D eigenvalue weighted by Crippen LogP contribution is -2.49. The molecule has 0 bridgehead atoms. The summed E-state index contributed by atoms with van der Waals surface area (Å²) < 4.78 is 52.3. The summed E-state index contributed by atoms with van der Waals surface area (Å²) in [5.74, 6) is -1.77. The van der Waals surface area contributed by atoms with Crippen molar-refractivity contribution >= 4 is 17.2 Å². The number of hydrogen-bond donors (Lipinski definition) is 0. The number of ether oxygens (including phenoxy) is 2. The Labute approximate surface area is 199 Å². The monoisotopic (exact) mass is 491 g/mol. The summed E-state index contributed by atoms with van der Waals surface area (Å²) in [4.78, 5) is 21.2. The standard InChI is InChI=1S/C24H24F3N3O3S/c1-32-11-10-29-6-8-30(9-7-29)24(31)22-15-34-23(28-22)19-4-3-18(13-21(19)27)33-14-16-12-17(25)2-5-20(16)26/h2-5,12-13,15H,6-11,14H2,1H3. The first-order valence-corrected chi connectivity index (χ1v) is 11.7. The van der Waals surface area contributed by atoms with Crippen LogP contribution in [0.15, 0.2) is 41.8 Å². The van der Waals surface area contributed by atoms with Gasteiger partial charge in [-0.25, -0.2) is 18.2 Å². The summed E-state index contributed by atoms with van der Waals surface area (Å²) in [6.07, 6.45) is 0. The number of amides is 1. The number of hydrogen-bond acceptors (Lipinski definition) is 6. The summed E-state index contributed by atoms with van der Waals surface area (Å²) in [7, 11) is 1.66. The van der Waals surface area contributed by atoms with Crippen molar-refractivity contribution in [2.45, 2.75) is 6.61 Å². The average Bonchev–Trinajstić information content (AvgIpc) is 3.33. The Morgan fingerprint density at radius 2 is 1.85 bits per heavy atom. The number of methoxy groups -OCH3 is 1. The van der Waals surface area contributed by atoms with E-state index in [0.29, 0.717) is 24.7 Å². The normalized spacial score (nSPS) is 14.4. The van der Waals surface area contributed by atoms with Crippen molar-refractivity contribution in [2.75, 3.05) is 46.4 Å². The number of piperazine rings is 1. The van der Waals surface area contributed by atoms with Crippen LogP contribution < -0.4 is 4.74 Å².